The maximum atomic E-state index is 12.5. The lowest BCUT2D eigenvalue weighted by atomic mass is 10.1. The third-order valence-corrected chi connectivity index (χ3v) is 4.86. The third kappa shape index (κ3) is 3.43. The van der Waals surface area contributed by atoms with Crippen molar-refractivity contribution in [2.24, 2.45) is 7.05 Å². The Kier molecular flexibility index (Phi) is 4.38. The molecule has 7 heteroatoms. The second-order valence-corrected chi connectivity index (χ2v) is 6.87. The predicted molar refractivity (Wildman–Crippen MR) is 99.5 cm³/mol. The van der Waals surface area contributed by atoms with E-state index in [0.717, 1.165) is 48.2 Å². The number of fused-ring (bicyclic) bond motifs is 1. The minimum absolute atomic E-state index is 0.121. The van der Waals surface area contributed by atoms with Crippen LogP contribution in [0, 0.1) is 0 Å². The lowest BCUT2D eigenvalue weighted by Crippen LogP contribution is -2.47. The molecule has 134 valence electrons. The first kappa shape index (κ1) is 16.7. The first-order chi connectivity index (χ1) is 12.6. The average molecular weight is 350 g/mol. The molecule has 7 nitrogen and oxygen atoms in total. The van der Waals surface area contributed by atoms with Crippen LogP contribution in [0.2, 0.25) is 0 Å². The van der Waals surface area contributed by atoms with E-state index in [9.17, 15) is 4.79 Å². The van der Waals surface area contributed by atoms with Crippen molar-refractivity contribution in [3.63, 3.8) is 0 Å². The molecular formula is C19H22N6O. The first-order valence-electron chi connectivity index (χ1n) is 8.80. The number of aryl methyl sites for hydroxylation is 1. The fraction of sp³-hybridized carbons (Fsp3) is 0.368. The van der Waals surface area contributed by atoms with E-state index in [1.165, 1.54) is 0 Å². The van der Waals surface area contributed by atoms with Crippen molar-refractivity contribution < 1.29 is 4.79 Å². The molecule has 1 aliphatic rings. The quantitative estimate of drug-likeness (QED) is 0.713. The number of rotatable bonds is 3. The Morgan fingerprint density at radius 2 is 1.85 bits per heavy atom. The molecule has 0 radical (unpaired) electrons. The van der Waals surface area contributed by atoms with Crippen molar-refractivity contribution in [3.8, 4) is 11.1 Å². The summed E-state index contributed by atoms with van der Waals surface area (Å²) >= 11 is 0. The molecule has 1 saturated heterocycles. The zero-order valence-electron chi connectivity index (χ0n) is 15.1. The van der Waals surface area contributed by atoms with E-state index in [0.29, 0.717) is 12.1 Å². The minimum Gasteiger partial charge on any atom is -0.340 e. The average Bonchev–Trinajstić information content (AvgIpc) is 3.08. The smallest absolute Gasteiger partial charge is 0.228 e. The number of likely N-dealkylation sites (N-methyl/N-ethyl adjacent to an activating group) is 1. The van der Waals surface area contributed by atoms with Gasteiger partial charge in [-0.05, 0) is 30.8 Å². The fourth-order valence-electron chi connectivity index (χ4n) is 3.25. The van der Waals surface area contributed by atoms with Gasteiger partial charge in [0.05, 0.1) is 23.8 Å². The Balaban J connectivity index is 1.55. The van der Waals surface area contributed by atoms with Crippen molar-refractivity contribution in [1.82, 2.24) is 29.8 Å². The zero-order chi connectivity index (χ0) is 18.1. The summed E-state index contributed by atoms with van der Waals surface area (Å²) in [6, 6.07) is 8.01. The van der Waals surface area contributed by atoms with Crippen LogP contribution in [0.5, 0.6) is 0 Å². The van der Waals surface area contributed by atoms with Crippen LogP contribution >= 0.6 is 0 Å². The van der Waals surface area contributed by atoms with Crippen molar-refractivity contribution in [1.29, 1.82) is 0 Å². The molecule has 0 N–H and O–H groups in total. The standard InChI is InChI=1S/C19H22N6O/c1-23-5-7-25(8-6-23)19(26)11-17-10-15-9-14(3-4-18(15)22-21-17)16-12-20-24(2)13-16/h3-4,9-10,12-13H,5-8,11H2,1-2H3. The van der Waals surface area contributed by atoms with E-state index in [1.54, 1.807) is 4.68 Å². The molecule has 0 atom stereocenters. The van der Waals surface area contributed by atoms with Gasteiger partial charge in [-0.1, -0.05) is 6.07 Å². The monoisotopic (exact) mass is 350 g/mol. The summed E-state index contributed by atoms with van der Waals surface area (Å²) in [6.45, 7) is 3.40. The minimum atomic E-state index is 0.121. The summed E-state index contributed by atoms with van der Waals surface area (Å²) in [5.41, 5.74) is 3.68. The second-order valence-electron chi connectivity index (χ2n) is 6.87. The van der Waals surface area contributed by atoms with E-state index >= 15 is 0 Å². The van der Waals surface area contributed by atoms with E-state index in [1.807, 2.05) is 42.5 Å². The molecule has 0 saturated carbocycles. The van der Waals surface area contributed by atoms with E-state index in [2.05, 4.69) is 33.3 Å². The zero-order valence-corrected chi connectivity index (χ0v) is 15.1. The lowest BCUT2D eigenvalue weighted by molar-refractivity contribution is -0.132. The van der Waals surface area contributed by atoms with Crippen LogP contribution in [0.25, 0.3) is 22.0 Å². The van der Waals surface area contributed by atoms with Crippen LogP contribution < -0.4 is 0 Å². The Bertz CT molecular complexity index is 942. The maximum Gasteiger partial charge on any atom is 0.228 e. The highest BCUT2D eigenvalue weighted by Crippen LogP contribution is 2.23. The Labute approximate surface area is 152 Å². The second kappa shape index (κ2) is 6.84. The largest absolute Gasteiger partial charge is 0.340 e. The molecular weight excluding hydrogens is 328 g/mol. The molecule has 0 spiro atoms. The van der Waals surface area contributed by atoms with Crippen LogP contribution in [-0.4, -0.2) is 68.9 Å². The van der Waals surface area contributed by atoms with Crippen molar-refractivity contribution in [2.45, 2.75) is 6.42 Å². The van der Waals surface area contributed by atoms with Gasteiger partial charge in [-0.25, -0.2) is 0 Å². The topological polar surface area (TPSA) is 67.2 Å². The summed E-state index contributed by atoms with van der Waals surface area (Å²) in [6.07, 6.45) is 4.12. The van der Waals surface area contributed by atoms with Gasteiger partial charge in [0.25, 0.3) is 0 Å². The molecule has 3 heterocycles. The predicted octanol–water partition coefficient (Wildman–Crippen LogP) is 1.35. The third-order valence-electron chi connectivity index (χ3n) is 4.86. The first-order valence-corrected chi connectivity index (χ1v) is 8.80. The van der Waals surface area contributed by atoms with E-state index in [4.69, 9.17) is 0 Å². The number of benzene rings is 1. The summed E-state index contributed by atoms with van der Waals surface area (Å²) in [7, 11) is 3.98. The lowest BCUT2D eigenvalue weighted by Gasteiger charge is -2.32. The number of aromatic nitrogens is 4. The van der Waals surface area contributed by atoms with Gasteiger partial charge < -0.3 is 9.80 Å². The van der Waals surface area contributed by atoms with Gasteiger partial charge in [0.1, 0.15) is 0 Å². The molecule has 1 amide bonds. The molecule has 1 aliphatic heterocycles. The van der Waals surface area contributed by atoms with Gasteiger partial charge in [-0.15, -0.1) is 0 Å². The molecule has 3 aromatic rings. The number of carbonyl (C=O) groups excluding carboxylic acids is 1. The van der Waals surface area contributed by atoms with E-state index < -0.39 is 0 Å². The van der Waals surface area contributed by atoms with Crippen molar-refractivity contribution in [3.05, 3.63) is 42.4 Å². The van der Waals surface area contributed by atoms with Crippen molar-refractivity contribution in [2.75, 3.05) is 33.2 Å². The number of nitrogens with zero attached hydrogens (tertiary/aromatic N) is 6. The molecule has 26 heavy (non-hydrogen) atoms. The maximum absolute atomic E-state index is 12.5. The number of carbonyl (C=O) groups is 1. The van der Waals surface area contributed by atoms with Gasteiger partial charge in [-0.3, -0.25) is 9.48 Å². The fourth-order valence-corrected chi connectivity index (χ4v) is 3.25. The highest BCUT2D eigenvalue weighted by molar-refractivity contribution is 5.85. The molecule has 0 unspecified atom stereocenters. The molecule has 2 aromatic heterocycles. The summed E-state index contributed by atoms with van der Waals surface area (Å²) in [5.74, 6) is 0.121. The number of hydrogen-bond donors (Lipinski definition) is 0. The summed E-state index contributed by atoms with van der Waals surface area (Å²) in [4.78, 5) is 16.7. The molecule has 4 rings (SSSR count). The molecule has 0 bridgehead atoms. The Morgan fingerprint density at radius 3 is 2.58 bits per heavy atom. The van der Waals surface area contributed by atoms with Crippen LogP contribution in [-0.2, 0) is 18.3 Å². The highest BCUT2D eigenvalue weighted by Gasteiger charge is 2.19. The highest BCUT2D eigenvalue weighted by atomic mass is 16.2. The SMILES string of the molecule is CN1CCN(C(=O)Cc2cc3cc(-c4cnn(C)c4)ccc3nn2)CC1. The molecule has 0 aliphatic carbocycles. The summed E-state index contributed by atoms with van der Waals surface area (Å²) in [5, 5.41) is 13.7. The molecule has 1 aromatic carbocycles. The molecule has 1 fully saturated rings. The van der Waals surface area contributed by atoms with Gasteiger partial charge in [0, 0.05) is 50.4 Å². The number of piperazine rings is 1. The van der Waals surface area contributed by atoms with Crippen LogP contribution in [0.4, 0.5) is 0 Å². The van der Waals surface area contributed by atoms with Gasteiger partial charge in [0.2, 0.25) is 5.91 Å². The van der Waals surface area contributed by atoms with E-state index in [-0.39, 0.29) is 5.91 Å². The van der Waals surface area contributed by atoms with Gasteiger partial charge in [0.15, 0.2) is 0 Å². The Hall–Kier alpha value is -2.80. The normalized spacial score (nSPS) is 15.5. The number of amides is 1. The summed E-state index contributed by atoms with van der Waals surface area (Å²) < 4.78 is 1.78. The van der Waals surface area contributed by atoms with Gasteiger partial charge >= 0.3 is 0 Å². The van der Waals surface area contributed by atoms with Crippen LogP contribution in [0.1, 0.15) is 5.69 Å². The van der Waals surface area contributed by atoms with Gasteiger partial charge in [-0.2, -0.15) is 15.3 Å². The van der Waals surface area contributed by atoms with Crippen molar-refractivity contribution >= 4 is 16.8 Å². The Morgan fingerprint density at radius 1 is 1.04 bits per heavy atom. The number of hydrogen-bond acceptors (Lipinski definition) is 5. The van der Waals surface area contributed by atoms with Crippen LogP contribution in [0.15, 0.2) is 36.7 Å². The van der Waals surface area contributed by atoms with Crippen LogP contribution in [0.3, 0.4) is 0 Å².